The van der Waals surface area contributed by atoms with E-state index in [-0.39, 0.29) is 0 Å². The van der Waals surface area contributed by atoms with Gasteiger partial charge in [0.15, 0.2) is 5.82 Å². The number of anilines is 2. The fourth-order valence-electron chi connectivity index (χ4n) is 3.51. The first-order chi connectivity index (χ1) is 13.7. The second kappa shape index (κ2) is 6.72. The van der Waals surface area contributed by atoms with Crippen LogP contribution < -0.4 is 10.6 Å². The SMILES string of the molecule is Cn1c(N2CC=CCC2)nc(-c2ccccc2)c1-c1nc2c(N)ncnc2s1. The number of fused-ring (bicyclic) bond motifs is 1. The smallest absolute Gasteiger partial charge is 0.206 e. The molecule has 3 aromatic heterocycles. The van der Waals surface area contributed by atoms with Crippen molar-refractivity contribution in [3.63, 3.8) is 0 Å². The van der Waals surface area contributed by atoms with E-state index in [1.165, 1.54) is 17.7 Å². The van der Waals surface area contributed by atoms with Crippen molar-refractivity contribution in [2.24, 2.45) is 7.05 Å². The molecule has 1 aliphatic heterocycles. The van der Waals surface area contributed by atoms with Gasteiger partial charge < -0.3 is 15.2 Å². The van der Waals surface area contributed by atoms with Crippen LogP contribution in [-0.4, -0.2) is 37.6 Å². The van der Waals surface area contributed by atoms with Gasteiger partial charge in [-0.15, -0.1) is 0 Å². The molecule has 4 heterocycles. The number of nitrogens with two attached hydrogens (primary N) is 1. The van der Waals surface area contributed by atoms with E-state index in [1.807, 2.05) is 25.2 Å². The lowest BCUT2D eigenvalue weighted by atomic mass is 10.1. The lowest BCUT2D eigenvalue weighted by molar-refractivity contribution is 0.755. The lowest BCUT2D eigenvalue weighted by Gasteiger charge is -2.24. The zero-order valence-corrected chi connectivity index (χ0v) is 16.2. The van der Waals surface area contributed by atoms with Gasteiger partial charge in [0.1, 0.15) is 33.1 Å². The van der Waals surface area contributed by atoms with Crippen molar-refractivity contribution < 1.29 is 0 Å². The van der Waals surface area contributed by atoms with E-state index in [9.17, 15) is 0 Å². The van der Waals surface area contributed by atoms with Crippen LogP contribution in [0.3, 0.4) is 0 Å². The Hall–Kier alpha value is -3.26. The predicted molar refractivity (Wildman–Crippen MR) is 113 cm³/mol. The van der Waals surface area contributed by atoms with Gasteiger partial charge >= 0.3 is 0 Å². The molecule has 0 saturated carbocycles. The highest BCUT2D eigenvalue weighted by molar-refractivity contribution is 7.21. The van der Waals surface area contributed by atoms with Crippen molar-refractivity contribution in [1.29, 1.82) is 0 Å². The number of rotatable bonds is 3. The molecule has 1 aliphatic rings. The van der Waals surface area contributed by atoms with Gasteiger partial charge in [0.25, 0.3) is 0 Å². The fourth-order valence-corrected chi connectivity index (χ4v) is 4.50. The minimum Gasteiger partial charge on any atom is -0.382 e. The van der Waals surface area contributed by atoms with Crippen LogP contribution in [0, 0.1) is 0 Å². The van der Waals surface area contributed by atoms with Crippen molar-refractivity contribution in [1.82, 2.24) is 24.5 Å². The molecule has 2 N–H and O–H groups in total. The van der Waals surface area contributed by atoms with Crippen LogP contribution >= 0.6 is 11.3 Å². The minimum atomic E-state index is 0.400. The molecule has 0 bridgehead atoms. The summed E-state index contributed by atoms with van der Waals surface area (Å²) in [6.45, 7) is 1.81. The number of aromatic nitrogens is 5. The topological polar surface area (TPSA) is 85.8 Å². The van der Waals surface area contributed by atoms with E-state index in [0.29, 0.717) is 11.3 Å². The van der Waals surface area contributed by atoms with Crippen LogP contribution in [0.25, 0.3) is 32.3 Å². The number of thiazole rings is 1. The van der Waals surface area contributed by atoms with Crippen LogP contribution in [0.4, 0.5) is 11.8 Å². The zero-order valence-electron chi connectivity index (χ0n) is 15.4. The molecule has 0 atom stereocenters. The number of hydrogen-bond acceptors (Lipinski definition) is 7. The maximum absolute atomic E-state index is 6.01. The molecule has 1 aromatic carbocycles. The van der Waals surface area contributed by atoms with Crippen LogP contribution in [-0.2, 0) is 7.05 Å². The molecule has 0 saturated heterocycles. The van der Waals surface area contributed by atoms with Crippen molar-refractivity contribution in [2.45, 2.75) is 6.42 Å². The van der Waals surface area contributed by atoms with E-state index >= 15 is 0 Å². The minimum absolute atomic E-state index is 0.400. The predicted octanol–water partition coefficient (Wildman–Crippen LogP) is 3.50. The summed E-state index contributed by atoms with van der Waals surface area (Å²) in [6, 6.07) is 10.2. The summed E-state index contributed by atoms with van der Waals surface area (Å²) in [7, 11) is 2.05. The highest BCUT2D eigenvalue weighted by Crippen LogP contribution is 2.39. The third-order valence-electron chi connectivity index (χ3n) is 4.89. The van der Waals surface area contributed by atoms with Crippen LogP contribution in [0.1, 0.15) is 6.42 Å². The quantitative estimate of drug-likeness (QED) is 0.540. The average Bonchev–Trinajstić information content (AvgIpc) is 3.31. The molecule has 0 fully saturated rings. The molecule has 0 unspecified atom stereocenters. The maximum atomic E-state index is 6.01. The van der Waals surface area contributed by atoms with E-state index in [2.05, 4.69) is 43.7 Å². The third kappa shape index (κ3) is 2.73. The molecule has 28 heavy (non-hydrogen) atoms. The third-order valence-corrected chi connectivity index (χ3v) is 5.86. The zero-order chi connectivity index (χ0) is 19.1. The van der Waals surface area contributed by atoms with E-state index in [1.54, 1.807) is 0 Å². The molecule has 4 aromatic rings. The molecule has 0 amide bonds. The van der Waals surface area contributed by atoms with Gasteiger partial charge in [-0.3, -0.25) is 0 Å². The van der Waals surface area contributed by atoms with Crippen molar-refractivity contribution in [3.8, 4) is 22.0 Å². The Kier molecular flexibility index (Phi) is 4.05. The fraction of sp³-hybridized carbons (Fsp3) is 0.200. The highest BCUT2D eigenvalue weighted by Gasteiger charge is 2.24. The van der Waals surface area contributed by atoms with Crippen LogP contribution in [0.5, 0.6) is 0 Å². The highest BCUT2D eigenvalue weighted by atomic mass is 32.1. The summed E-state index contributed by atoms with van der Waals surface area (Å²) in [5, 5.41) is 0.842. The standard InChI is InChI=1S/C20H19N7S/c1-26-16(19-24-15-17(21)22-12-23-18(15)28-19)14(13-8-4-2-5-9-13)25-20(26)27-10-6-3-7-11-27/h2-6,8-9,12H,7,10-11H2,1H3,(H2,21,22,23). The number of nitrogens with zero attached hydrogens (tertiary/aromatic N) is 6. The largest absolute Gasteiger partial charge is 0.382 e. The molecular weight excluding hydrogens is 370 g/mol. The van der Waals surface area contributed by atoms with Crippen molar-refractivity contribution in [2.75, 3.05) is 23.7 Å². The number of imidazole rings is 1. The van der Waals surface area contributed by atoms with Gasteiger partial charge in [-0.2, -0.15) is 0 Å². The van der Waals surface area contributed by atoms with Gasteiger partial charge in [0.05, 0.1) is 0 Å². The average molecular weight is 389 g/mol. The Labute approximate surface area is 166 Å². The number of nitrogen functional groups attached to an aromatic ring is 1. The van der Waals surface area contributed by atoms with E-state index in [0.717, 1.165) is 52.2 Å². The number of hydrogen-bond donors (Lipinski definition) is 1. The first-order valence-corrected chi connectivity index (χ1v) is 9.93. The second-order valence-electron chi connectivity index (χ2n) is 6.67. The molecule has 8 heteroatoms. The summed E-state index contributed by atoms with van der Waals surface area (Å²) in [5.74, 6) is 1.34. The van der Waals surface area contributed by atoms with Gasteiger partial charge in [0.2, 0.25) is 5.95 Å². The normalized spacial score (nSPS) is 14.1. The van der Waals surface area contributed by atoms with Gasteiger partial charge in [-0.05, 0) is 6.42 Å². The Bertz CT molecular complexity index is 1180. The van der Waals surface area contributed by atoms with E-state index < -0.39 is 0 Å². The number of benzene rings is 1. The molecule has 5 rings (SSSR count). The summed E-state index contributed by atoms with van der Waals surface area (Å²) in [5.41, 5.74) is 9.60. The molecule has 7 nitrogen and oxygen atoms in total. The Morgan fingerprint density at radius 3 is 2.68 bits per heavy atom. The first-order valence-electron chi connectivity index (χ1n) is 9.12. The summed E-state index contributed by atoms with van der Waals surface area (Å²) in [6.07, 6.45) is 6.91. The Morgan fingerprint density at radius 1 is 1.07 bits per heavy atom. The Morgan fingerprint density at radius 2 is 1.93 bits per heavy atom. The summed E-state index contributed by atoms with van der Waals surface area (Å²) in [4.78, 5) is 21.3. The lowest BCUT2D eigenvalue weighted by Crippen LogP contribution is -2.29. The molecule has 140 valence electrons. The first kappa shape index (κ1) is 16.9. The Balaban J connectivity index is 1.73. The molecule has 0 aliphatic carbocycles. The maximum Gasteiger partial charge on any atom is 0.206 e. The van der Waals surface area contributed by atoms with Gasteiger partial charge in [0, 0.05) is 25.7 Å². The van der Waals surface area contributed by atoms with Crippen molar-refractivity contribution >= 4 is 33.5 Å². The molecule has 0 radical (unpaired) electrons. The van der Waals surface area contributed by atoms with Gasteiger partial charge in [-0.1, -0.05) is 53.8 Å². The van der Waals surface area contributed by atoms with Crippen LogP contribution in [0.2, 0.25) is 0 Å². The molecule has 0 spiro atoms. The van der Waals surface area contributed by atoms with E-state index in [4.69, 9.17) is 15.7 Å². The summed E-state index contributed by atoms with van der Waals surface area (Å²) >= 11 is 1.51. The van der Waals surface area contributed by atoms with Crippen molar-refractivity contribution in [3.05, 3.63) is 48.8 Å². The van der Waals surface area contributed by atoms with Gasteiger partial charge in [-0.25, -0.2) is 19.9 Å². The summed E-state index contributed by atoms with van der Waals surface area (Å²) < 4.78 is 2.13. The second-order valence-corrected chi connectivity index (χ2v) is 7.65. The van der Waals surface area contributed by atoms with Crippen LogP contribution in [0.15, 0.2) is 48.8 Å². The molecular formula is C20H19N7S. The monoisotopic (exact) mass is 389 g/mol.